The van der Waals surface area contributed by atoms with Crippen molar-refractivity contribution in [2.45, 2.75) is 20.0 Å². The Morgan fingerprint density at radius 3 is 2.51 bits per heavy atom. The fraction of sp³-hybridized carbons (Fsp3) is 0.103. The predicted octanol–water partition coefficient (Wildman–Crippen LogP) is 5.17. The number of nitro groups is 1. The second-order valence-corrected chi connectivity index (χ2v) is 8.03. The first-order valence-corrected chi connectivity index (χ1v) is 11.4. The van der Waals surface area contributed by atoms with E-state index >= 15 is 0 Å². The van der Waals surface area contributed by atoms with Crippen LogP contribution in [0.1, 0.15) is 18.9 Å². The van der Waals surface area contributed by atoms with Crippen molar-refractivity contribution in [1.82, 2.24) is 0 Å². The molecular weight excluding hydrogens is 438 g/mol. The molecule has 0 atom stereocenters. The molecule has 176 valence electrons. The second-order valence-electron chi connectivity index (χ2n) is 8.03. The number of benzene rings is 4. The standard InChI is InChI=1S/C29H27N3O3/c1-2-9-27-26(22-12-6-15-25(18-22)35-20-21-10-4-3-5-11-21)16-8-17-28(27)29(30)31-23-13-7-14-24(19-23)32(33)34/h3-19,31H,2,20,30H2,1H3/b27-9-,29-28+. The SMILES string of the molecule is CC/C=c1/c(-c2cccc(OCc3ccccc3)c2)ccc/c1=C(/N)Nc1cccc([N+](=O)[O-])c1. The summed E-state index contributed by atoms with van der Waals surface area (Å²) in [6, 6.07) is 30.3. The maximum Gasteiger partial charge on any atom is 0.271 e. The molecule has 0 saturated heterocycles. The Kier molecular flexibility index (Phi) is 7.43. The van der Waals surface area contributed by atoms with Gasteiger partial charge < -0.3 is 15.8 Å². The second kappa shape index (κ2) is 11.0. The van der Waals surface area contributed by atoms with Gasteiger partial charge in [-0.05, 0) is 46.5 Å². The Morgan fingerprint density at radius 1 is 0.971 bits per heavy atom. The summed E-state index contributed by atoms with van der Waals surface area (Å²) in [6.45, 7) is 2.57. The van der Waals surface area contributed by atoms with Crippen LogP contribution in [0.5, 0.6) is 5.75 Å². The van der Waals surface area contributed by atoms with Crippen molar-refractivity contribution < 1.29 is 9.66 Å². The highest BCUT2D eigenvalue weighted by Gasteiger charge is 2.08. The molecule has 0 aliphatic heterocycles. The summed E-state index contributed by atoms with van der Waals surface area (Å²) < 4.78 is 6.03. The van der Waals surface area contributed by atoms with E-state index in [2.05, 4.69) is 24.4 Å². The van der Waals surface area contributed by atoms with Crippen molar-refractivity contribution in [2.75, 3.05) is 5.32 Å². The normalized spacial score (nSPS) is 12.2. The van der Waals surface area contributed by atoms with Crippen molar-refractivity contribution in [2.24, 2.45) is 5.73 Å². The Morgan fingerprint density at radius 2 is 1.74 bits per heavy atom. The van der Waals surface area contributed by atoms with Gasteiger partial charge >= 0.3 is 0 Å². The first kappa shape index (κ1) is 23.6. The lowest BCUT2D eigenvalue weighted by atomic mass is 10.0. The van der Waals surface area contributed by atoms with Crippen LogP contribution in [-0.2, 0) is 6.61 Å². The van der Waals surface area contributed by atoms with Crippen LogP contribution in [0.3, 0.4) is 0 Å². The Balaban J connectivity index is 1.70. The predicted molar refractivity (Wildman–Crippen MR) is 141 cm³/mol. The Labute approximate surface area is 204 Å². The third kappa shape index (κ3) is 5.86. The summed E-state index contributed by atoms with van der Waals surface area (Å²) >= 11 is 0. The number of rotatable bonds is 8. The van der Waals surface area contributed by atoms with Gasteiger partial charge in [0, 0.05) is 23.0 Å². The maximum absolute atomic E-state index is 11.1. The van der Waals surface area contributed by atoms with Gasteiger partial charge in [0.15, 0.2) is 0 Å². The molecule has 0 unspecified atom stereocenters. The molecule has 35 heavy (non-hydrogen) atoms. The maximum atomic E-state index is 11.1. The van der Waals surface area contributed by atoms with Gasteiger partial charge in [-0.2, -0.15) is 0 Å². The largest absolute Gasteiger partial charge is 0.489 e. The number of nitrogens with one attached hydrogen (secondary N) is 1. The molecule has 0 aliphatic rings. The zero-order valence-electron chi connectivity index (χ0n) is 19.5. The van der Waals surface area contributed by atoms with E-state index in [-0.39, 0.29) is 5.69 Å². The number of nitrogens with two attached hydrogens (primary N) is 1. The minimum atomic E-state index is -0.425. The number of nitro benzene ring substituents is 1. The van der Waals surface area contributed by atoms with Crippen molar-refractivity contribution in [3.63, 3.8) is 0 Å². The molecule has 4 aromatic rings. The Hall–Kier alpha value is -4.58. The van der Waals surface area contributed by atoms with E-state index in [1.165, 1.54) is 12.1 Å². The monoisotopic (exact) mass is 465 g/mol. The minimum Gasteiger partial charge on any atom is -0.489 e. The molecule has 0 bridgehead atoms. The molecule has 0 saturated carbocycles. The summed E-state index contributed by atoms with van der Waals surface area (Å²) in [5, 5.41) is 16.1. The molecule has 0 amide bonds. The van der Waals surface area contributed by atoms with E-state index < -0.39 is 4.92 Å². The molecule has 0 spiro atoms. The van der Waals surface area contributed by atoms with Gasteiger partial charge in [-0.1, -0.05) is 79.7 Å². The highest BCUT2D eigenvalue weighted by Crippen LogP contribution is 2.22. The van der Waals surface area contributed by atoms with E-state index in [9.17, 15) is 10.1 Å². The van der Waals surface area contributed by atoms with Crippen LogP contribution in [0.25, 0.3) is 23.0 Å². The average molecular weight is 466 g/mol. The van der Waals surface area contributed by atoms with Crippen LogP contribution in [0.15, 0.2) is 97.1 Å². The van der Waals surface area contributed by atoms with E-state index in [0.29, 0.717) is 18.1 Å². The van der Waals surface area contributed by atoms with Crippen molar-refractivity contribution in [3.8, 4) is 16.9 Å². The van der Waals surface area contributed by atoms with Crippen molar-refractivity contribution in [1.29, 1.82) is 0 Å². The van der Waals surface area contributed by atoms with E-state index in [1.54, 1.807) is 12.1 Å². The first-order valence-electron chi connectivity index (χ1n) is 11.4. The number of nitrogens with zero attached hydrogens (tertiary/aromatic N) is 1. The molecule has 6 nitrogen and oxygen atoms in total. The lowest BCUT2D eigenvalue weighted by Crippen LogP contribution is -2.34. The van der Waals surface area contributed by atoms with Gasteiger partial charge in [-0.3, -0.25) is 10.1 Å². The van der Waals surface area contributed by atoms with Crippen LogP contribution in [0.4, 0.5) is 11.4 Å². The average Bonchev–Trinajstić information content (AvgIpc) is 2.88. The topological polar surface area (TPSA) is 90.4 Å². The molecular formula is C29H27N3O3. The number of hydrogen-bond acceptors (Lipinski definition) is 5. The molecule has 0 radical (unpaired) electrons. The number of hydrogen-bond donors (Lipinski definition) is 2. The third-order valence-corrected chi connectivity index (χ3v) is 5.53. The summed E-state index contributed by atoms with van der Waals surface area (Å²) in [4.78, 5) is 10.7. The lowest BCUT2D eigenvalue weighted by Gasteiger charge is -2.11. The summed E-state index contributed by atoms with van der Waals surface area (Å²) in [5.74, 6) is 1.20. The quantitative estimate of drug-likeness (QED) is 0.277. The fourth-order valence-electron chi connectivity index (χ4n) is 3.89. The van der Waals surface area contributed by atoms with Crippen LogP contribution < -0.4 is 26.2 Å². The van der Waals surface area contributed by atoms with E-state index in [4.69, 9.17) is 10.5 Å². The van der Waals surface area contributed by atoms with Crippen LogP contribution in [0, 0.1) is 10.1 Å². The van der Waals surface area contributed by atoms with E-state index in [0.717, 1.165) is 39.3 Å². The molecule has 0 heterocycles. The smallest absolute Gasteiger partial charge is 0.271 e. The highest BCUT2D eigenvalue weighted by atomic mass is 16.6. The third-order valence-electron chi connectivity index (χ3n) is 5.53. The summed E-state index contributed by atoms with van der Waals surface area (Å²) in [6.07, 6.45) is 2.95. The van der Waals surface area contributed by atoms with Gasteiger partial charge in [0.2, 0.25) is 0 Å². The molecule has 3 N–H and O–H groups in total. The molecule has 4 rings (SSSR count). The molecule has 6 heteroatoms. The molecule has 0 aliphatic carbocycles. The molecule has 4 aromatic carbocycles. The molecule has 0 aromatic heterocycles. The van der Waals surface area contributed by atoms with Crippen LogP contribution >= 0.6 is 0 Å². The zero-order chi connectivity index (χ0) is 24.6. The number of ether oxygens (including phenoxy) is 1. The molecule has 0 fully saturated rings. The van der Waals surface area contributed by atoms with Crippen molar-refractivity contribution in [3.05, 3.63) is 123 Å². The number of non-ortho nitro benzene ring substituents is 1. The zero-order valence-corrected chi connectivity index (χ0v) is 19.5. The van der Waals surface area contributed by atoms with E-state index in [1.807, 2.05) is 66.7 Å². The first-order chi connectivity index (χ1) is 17.0. The fourth-order valence-corrected chi connectivity index (χ4v) is 3.89. The van der Waals surface area contributed by atoms with Gasteiger partial charge in [0.05, 0.1) is 4.92 Å². The van der Waals surface area contributed by atoms with Crippen LogP contribution in [0.2, 0.25) is 0 Å². The lowest BCUT2D eigenvalue weighted by molar-refractivity contribution is -0.384. The van der Waals surface area contributed by atoms with Gasteiger partial charge in [0.25, 0.3) is 5.69 Å². The van der Waals surface area contributed by atoms with Gasteiger partial charge in [-0.25, -0.2) is 0 Å². The van der Waals surface area contributed by atoms with Crippen molar-refractivity contribution >= 4 is 23.3 Å². The highest BCUT2D eigenvalue weighted by molar-refractivity contribution is 5.70. The van der Waals surface area contributed by atoms with Gasteiger partial charge in [-0.15, -0.1) is 0 Å². The summed E-state index contributed by atoms with van der Waals surface area (Å²) in [7, 11) is 0. The van der Waals surface area contributed by atoms with Crippen LogP contribution in [-0.4, -0.2) is 4.92 Å². The Bertz CT molecular complexity index is 1450. The number of anilines is 1. The minimum absolute atomic E-state index is 0.00390. The van der Waals surface area contributed by atoms with Gasteiger partial charge in [0.1, 0.15) is 18.2 Å². The summed E-state index contributed by atoms with van der Waals surface area (Å²) in [5.41, 5.74) is 10.2.